The van der Waals surface area contributed by atoms with Crippen LogP contribution >= 0.6 is 0 Å². The van der Waals surface area contributed by atoms with E-state index in [1.165, 1.54) is 0 Å². The van der Waals surface area contributed by atoms with Gasteiger partial charge in [-0.3, -0.25) is 4.79 Å². The van der Waals surface area contributed by atoms with Crippen LogP contribution in [-0.4, -0.2) is 43.5 Å². The van der Waals surface area contributed by atoms with Crippen molar-refractivity contribution in [3.05, 3.63) is 0 Å². The minimum atomic E-state index is -3.21. The summed E-state index contributed by atoms with van der Waals surface area (Å²) in [5.74, 6) is -2.13. The molecule has 0 aliphatic carbocycles. The lowest BCUT2D eigenvalue weighted by Gasteiger charge is -2.19. The molecule has 1 amide bonds. The van der Waals surface area contributed by atoms with E-state index in [9.17, 15) is 18.0 Å². The maximum absolute atomic E-state index is 11.4. The molecule has 0 aromatic heterocycles. The third kappa shape index (κ3) is 6.93. The summed E-state index contributed by atoms with van der Waals surface area (Å²) in [7, 11) is -3.21. The molecule has 0 heterocycles. The van der Waals surface area contributed by atoms with Gasteiger partial charge in [0.1, 0.15) is 15.9 Å². The zero-order chi connectivity index (χ0) is 13.6. The zero-order valence-corrected chi connectivity index (χ0v) is 11.1. The molecule has 0 spiro atoms. The fourth-order valence-corrected chi connectivity index (χ4v) is 1.76. The van der Waals surface area contributed by atoms with Gasteiger partial charge in [0.15, 0.2) is 0 Å². The van der Waals surface area contributed by atoms with Crippen LogP contribution < -0.4 is 5.32 Å². The van der Waals surface area contributed by atoms with E-state index in [1.54, 1.807) is 6.92 Å². The lowest BCUT2D eigenvalue weighted by atomic mass is 9.99. The Hall–Kier alpha value is -1.11. The second-order valence-corrected chi connectivity index (χ2v) is 6.41. The molecule has 0 saturated carbocycles. The van der Waals surface area contributed by atoms with E-state index in [2.05, 4.69) is 5.32 Å². The molecule has 6 nitrogen and oxygen atoms in total. The molecule has 0 rings (SSSR count). The second-order valence-electron chi connectivity index (χ2n) is 4.15. The standard InChI is InChI=1S/C10H19NO5S/c1-4-7(2)9(10(13)14)11-8(12)5-6-17(3,15)16/h7,9H,4-6H2,1-3H3,(H,11,12)(H,13,14). The predicted molar refractivity (Wildman–Crippen MR) is 63.3 cm³/mol. The molecule has 0 saturated heterocycles. The number of rotatable bonds is 7. The molecule has 0 aromatic rings. The van der Waals surface area contributed by atoms with Gasteiger partial charge in [-0.2, -0.15) is 0 Å². The molecule has 0 fully saturated rings. The van der Waals surface area contributed by atoms with E-state index in [4.69, 9.17) is 5.11 Å². The average Bonchev–Trinajstić information content (AvgIpc) is 2.20. The molecule has 2 N–H and O–H groups in total. The van der Waals surface area contributed by atoms with Crippen molar-refractivity contribution in [1.29, 1.82) is 0 Å². The highest BCUT2D eigenvalue weighted by Gasteiger charge is 2.25. The van der Waals surface area contributed by atoms with Gasteiger partial charge in [-0.15, -0.1) is 0 Å². The topological polar surface area (TPSA) is 101 Å². The van der Waals surface area contributed by atoms with Crippen molar-refractivity contribution in [3.63, 3.8) is 0 Å². The molecule has 100 valence electrons. The van der Waals surface area contributed by atoms with Crippen LogP contribution in [0, 0.1) is 5.92 Å². The van der Waals surface area contributed by atoms with Gasteiger partial charge in [0, 0.05) is 12.7 Å². The molecule has 0 aromatic carbocycles. The van der Waals surface area contributed by atoms with Crippen LogP contribution in [0.1, 0.15) is 26.7 Å². The Kier molecular flexibility index (Phi) is 6.15. The average molecular weight is 265 g/mol. The van der Waals surface area contributed by atoms with Crippen molar-refractivity contribution in [3.8, 4) is 0 Å². The van der Waals surface area contributed by atoms with Gasteiger partial charge in [-0.25, -0.2) is 13.2 Å². The molecule has 0 aliphatic heterocycles. The predicted octanol–water partition coefficient (Wildman–Crippen LogP) is 0.0366. The van der Waals surface area contributed by atoms with Gasteiger partial charge >= 0.3 is 5.97 Å². The highest BCUT2D eigenvalue weighted by molar-refractivity contribution is 7.90. The zero-order valence-electron chi connectivity index (χ0n) is 10.3. The van der Waals surface area contributed by atoms with E-state index in [0.29, 0.717) is 6.42 Å². The summed E-state index contributed by atoms with van der Waals surface area (Å²) >= 11 is 0. The molecule has 0 radical (unpaired) electrons. The molecule has 2 atom stereocenters. The number of carbonyl (C=O) groups excluding carboxylic acids is 1. The van der Waals surface area contributed by atoms with E-state index in [0.717, 1.165) is 6.26 Å². The van der Waals surface area contributed by atoms with Crippen molar-refractivity contribution in [2.24, 2.45) is 5.92 Å². The minimum Gasteiger partial charge on any atom is -0.480 e. The Labute approximate surface area is 101 Å². The van der Waals surface area contributed by atoms with Gasteiger partial charge in [-0.1, -0.05) is 20.3 Å². The number of carbonyl (C=O) groups is 2. The van der Waals surface area contributed by atoms with Crippen molar-refractivity contribution in [2.75, 3.05) is 12.0 Å². The Morgan fingerprint density at radius 3 is 2.24 bits per heavy atom. The smallest absolute Gasteiger partial charge is 0.326 e. The Bertz CT molecular complexity index is 376. The van der Waals surface area contributed by atoms with Gasteiger partial charge < -0.3 is 10.4 Å². The molecule has 0 aliphatic rings. The van der Waals surface area contributed by atoms with Gasteiger partial charge in [-0.05, 0) is 5.92 Å². The largest absolute Gasteiger partial charge is 0.480 e. The number of sulfone groups is 1. The summed E-state index contributed by atoms with van der Waals surface area (Å²) < 4.78 is 21.7. The Morgan fingerprint density at radius 1 is 1.35 bits per heavy atom. The quantitative estimate of drug-likeness (QED) is 0.676. The highest BCUT2D eigenvalue weighted by Crippen LogP contribution is 2.08. The van der Waals surface area contributed by atoms with E-state index in [1.807, 2.05) is 6.92 Å². The molecule has 17 heavy (non-hydrogen) atoms. The number of carboxylic acid groups (broad SMARTS) is 1. The molecule has 7 heteroatoms. The summed E-state index contributed by atoms with van der Waals surface area (Å²) in [6.07, 6.45) is 1.44. The van der Waals surface area contributed by atoms with Crippen LogP contribution in [0.2, 0.25) is 0 Å². The SMILES string of the molecule is CCC(C)C(NC(=O)CCS(C)(=O)=O)C(=O)O. The highest BCUT2D eigenvalue weighted by atomic mass is 32.2. The molecular weight excluding hydrogens is 246 g/mol. The van der Waals surface area contributed by atoms with Gasteiger partial charge in [0.05, 0.1) is 5.75 Å². The first-order valence-corrected chi connectivity index (χ1v) is 7.43. The maximum Gasteiger partial charge on any atom is 0.326 e. The van der Waals surface area contributed by atoms with E-state index < -0.39 is 27.8 Å². The first-order valence-electron chi connectivity index (χ1n) is 5.37. The van der Waals surface area contributed by atoms with Crippen molar-refractivity contribution in [1.82, 2.24) is 5.32 Å². The van der Waals surface area contributed by atoms with Crippen molar-refractivity contribution >= 4 is 21.7 Å². The lowest BCUT2D eigenvalue weighted by Crippen LogP contribution is -2.45. The third-order valence-electron chi connectivity index (χ3n) is 2.50. The Morgan fingerprint density at radius 2 is 1.88 bits per heavy atom. The molecule has 2 unspecified atom stereocenters. The summed E-state index contributed by atoms with van der Waals surface area (Å²) in [5, 5.41) is 11.3. The maximum atomic E-state index is 11.4. The number of carboxylic acids is 1. The number of aliphatic carboxylic acids is 1. The van der Waals surface area contributed by atoms with Gasteiger partial charge in [0.25, 0.3) is 0 Å². The van der Waals surface area contributed by atoms with Crippen molar-refractivity contribution < 1.29 is 23.1 Å². The molecular formula is C10H19NO5S. The number of amides is 1. The summed E-state index contributed by atoms with van der Waals surface area (Å²) in [4.78, 5) is 22.3. The number of hydrogen-bond donors (Lipinski definition) is 2. The van der Waals surface area contributed by atoms with Crippen LogP contribution in [0.5, 0.6) is 0 Å². The van der Waals surface area contributed by atoms with Gasteiger partial charge in [0.2, 0.25) is 5.91 Å². The lowest BCUT2D eigenvalue weighted by molar-refractivity contribution is -0.143. The van der Waals surface area contributed by atoms with E-state index in [-0.39, 0.29) is 18.1 Å². The number of nitrogens with one attached hydrogen (secondary N) is 1. The van der Waals surface area contributed by atoms with Crippen LogP contribution in [-0.2, 0) is 19.4 Å². The third-order valence-corrected chi connectivity index (χ3v) is 3.44. The second kappa shape index (κ2) is 6.58. The van der Waals surface area contributed by atoms with Crippen LogP contribution in [0.4, 0.5) is 0 Å². The summed E-state index contributed by atoms with van der Waals surface area (Å²) in [6.45, 7) is 3.54. The van der Waals surface area contributed by atoms with E-state index >= 15 is 0 Å². The summed E-state index contributed by atoms with van der Waals surface area (Å²) in [5.41, 5.74) is 0. The monoisotopic (exact) mass is 265 g/mol. The fraction of sp³-hybridized carbons (Fsp3) is 0.800. The van der Waals surface area contributed by atoms with Crippen LogP contribution in [0.3, 0.4) is 0 Å². The summed E-state index contributed by atoms with van der Waals surface area (Å²) in [6, 6.07) is -0.966. The first kappa shape index (κ1) is 15.9. The van der Waals surface area contributed by atoms with Crippen LogP contribution in [0.25, 0.3) is 0 Å². The Balaban J connectivity index is 4.37. The first-order chi connectivity index (χ1) is 7.67. The number of hydrogen-bond acceptors (Lipinski definition) is 4. The van der Waals surface area contributed by atoms with Crippen LogP contribution in [0.15, 0.2) is 0 Å². The minimum absolute atomic E-state index is 0.199. The normalized spacial score (nSPS) is 15.0. The fourth-order valence-electron chi connectivity index (χ4n) is 1.21. The van der Waals surface area contributed by atoms with Crippen molar-refractivity contribution in [2.45, 2.75) is 32.7 Å². The molecule has 0 bridgehead atoms.